The highest BCUT2D eigenvalue weighted by atomic mass is 32.1. The number of nitrogens with one attached hydrogen (secondary N) is 1. The third-order valence-corrected chi connectivity index (χ3v) is 4.36. The number of ether oxygens (including phenoxy) is 1. The highest BCUT2D eigenvalue weighted by molar-refractivity contribution is 7.17. The topological polar surface area (TPSA) is 98.5 Å². The van der Waals surface area contributed by atoms with E-state index in [9.17, 15) is 19.7 Å². The van der Waals surface area contributed by atoms with Gasteiger partial charge in [0, 0.05) is 17.8 Å². The third-order valence-electron chi connectivity index (χ3n) is 3.26. The molecule has 2 aromatic rings. The molecule has 0 unspecified atom stereocenters. The normalized spacial score (nSPS) is 13.3. The lowest BCUT2D eigenvalue weighted by molar-refractivity contribution is -0.380. The maximum absolute atomic E-state index is 12.4. The van der Waals surface area contributed by atoms with Crippen LogP contribution < -0.4 is 10.1 Å². The fourth-order valence-corrected chi connectivity index (χ4v) is 3.03. The van der Waals surface area contributed by atoms with Gasteiger partial charge in [-0.15, -0.1) is 0 Å². The van der Waals surface area contributed by atoms with Crippen molar-refractivity contribution in [3.05, 3.63) is 62.7 Å². The highest BCUT2D eigenvalue weighted by Gasteiger charge is 2.31. The lowest BCUT2D eigenvalue weighted by atomic mass is 10.0. The standard InChI is InChI=1S/C15H10N2O5S/c1-22-9-4-2-8(3-5-9)16-11-7-12(18)15-10(14(11)19)6-13(23-15)17(20)21/h2-7,16H,1H3. The van der Waals surface area contributed by atoms with E-state index < -0.39 is 16.5 Å². The molecule has 0 amide bonds. The molecule has 0 spiro atoms. The molecule has 0 aliphatic heterocycles. The number of anilines is 1. The number of Topliss-reactive ketones (excluding diaryl/α,β-unsaturated/α-hetero) is 1. The average Bonchev–Trinajstić information content (AvgIpc) is 2.99. The number of carbonyl (C=O) groups excluding carboxylic acids is 2. The van der Waals surface area contributed by atoms with Gasteiger partial charge in [0.2, 0.25) is 5.78 Å². The molecule has 1 N–H and O–H groups in total. The van der Waals surface area contributed by atoms with Crippen molar-refractivity contribution < 1.29 is 19.2 Å². The van der Waals surface area contributed by atoms with E-state index in [-0.39, 0.29) is 21.1 Å². The van der Waals surface area contributed by atoms with Crippen LogP contribution in [-0.4, -0.2) is 23.6 Å². The molecule has 1 aliphatic carbocycles. The third kappa shape index (κ3) is 2.71. The fourth-order valence-electron chi connectivity index (χ4n) is 2.15. The summed E-state index contributed by atoms with van der Waals surface area (Å²) in [6.07, 6.45) is 1.16. The summed E-state index contributed by atoms with van der Waals surface area (Å²) in [5.41, 5.74) is 0.747. The predicted molar refractivity (Wildman–Crippen MR) is 84.3 cm³/mol. The van der Waals surface area contributed by atoms with E-state index in [4.69, 9.17) is 4.74 Å². The molecular formula is C15H10N2O5S. The molecule has 7 nitrogen and oxygen atoms in total. The van der Waals surface area contributed by atoms with Gasteiger partial charge in [-0.3, -0.25) is 19.7 Å². The number of fused-ring (bicyclic) bond motifs is 1. The van der Waals surface area contributed by atoms with Gasteiger partial charge in [-0.2, -0.15) is 0 Å². The van der Waals surface area contributed by atoms with E-state index in [1.54, 1.807) is 31.4 Å². The molecule has 0 saturated heterocycles. The van der Waals surface area contributed by atoms with Crippen molar-refractivity contribution in [1.29, 1.82) is 0 Å². The lowest BCUT2D eigenvalue weighted by Gasteiger charge is -2.13. The molecule has 1 aromatic heterocycles. The van der Waals surface area contributed by atoms with E-state index in [2.05, 4.69) is 5.32 Å². The van der Waals surface area contributed by atoms with Gasteiger partial charge in [0.05, 0.1) is 28.2 Å². The molecule has 0 radical (unpaired) electrons. The first-order valence-electron chi connectivity index (χ1n) is 6.49. The molecule has 116 valence electrons. The minimum atomic E-state index is -0.611. The van der Waals surface area contributed by atoms with Crippen LogP contribution in [0.25, 0.3) is 0 Å². The second kappa shape index (κ2) is 5.65. The van der Waals surface area contributed by atoms with E-state index in [0.29, 0.717) is 22.8 Å². The number of nitrogens with zero attached hydrogens (tertiary/aromatic N) is 1. The van der Waals surface area contributed by atoms with Crippen LogP contribution in [0.4, 0.5) is 10.7 Å². The second-order valence-corrected chi connectivity index (χ2v) is 5.72. The summed E-state index contributed by atoms with van der Waals surface area (Å²) in [6, 6.07) is 7.95. The first kappa shape index (κ1) is 14.9. The zero-order valence-corrected chi connectivity index (χ0v) is 12.7. The number of benzene rings is 1. The number of nitro groups is 1. The Labute approximate surface area is 134 Å². The monoisotopic (exact) mass is 330 g/mol. The number of hydrogen-bond acceptors (Lipinski definition) is 7. The van der Waals surface area contributed by atoms with Crippen LogP contribution >= 0.6 is 11.3 Å². The van der Waals surface area contributed by atoms with Crippen LogP contribution in [0, 0.1) is 10.1 Å². The molecule has 1 heterocycles. The van der Waals surface area contributed by atoms with E-state index in [1.165, 1.54) is 0 Å². The fraction of sp³-hybridized carbons (Fsp3) is 0.0667. The van der Waals surface area contributed by atoms with Crippen molar-refractivity contribution in [3.8, 4) is 5.75 Å². The maximum atomic E-state index is 12.4. The molecule has 8 heteroatoms. The minimum Gasteiger partial charge on any atom is -0.497 e. The molecule has 0 saturated carbocycles. The van der Waals surface area contributed by atoms with Crippen LogP contribution in [0.15, 0.2) is 42.1 Å². The summed E-state index contributed by atoms with van der Waals surface area (Å²) in [5, 5.41) is 13.4. The zero-order chi connectivity index (χ0) is 16.6. The number of carbonyl (C=O) groups is 2. The van der Waals surface area contributed by atoms with E-state index in [1.807, 2.05) is 0 Å². The lowest BCUT2D eigenvalue weighted by Crippen LogP contribution is -2.19. The number of ketones is 2. The van der Waals surface area contributed by atoms with Crippen molar-refractivity contribution in [2.45, 2.75) is 0 Å². The van der Waals surface area contributed by atoms with Gasteiger partial charge in [0.25, 0.3) is 0 Å². The van der Waals surface area contributed by atoms with Gasteiger partial charge in [-0.1, -0.05) is 11.3 Å². The molecule has 0 bridgehead atoms. The van der Waals surface area contributed by atoms with Crippen molar-refractivity contribution in [3.63, 3.8) is 0 Å². The van der Waals surface area contributed by atoms with E-state index in [0.717, 1.165) is 12.1 Å². The molecule has 0 fully saturated rings. The molecule has 1 aliphatic rings. The van der Waals surface area contributed by atoms with Gasteiger partial charge in [-0.05, 0) is 24.3 Å². The summed E-state index contributed by atoms with van der Waals surface area (Å²) >= 11 is 0.710. The summed E-state index contributed by atoms with van der Waals surface area (Å²) in [6.45, 7) is 0. The Hall–Kier alpha value is -3.00. The van der Waals surface area contributed by atoms with Crippen LogP contribution in [0.1, 0.15) is 20.0 Å². The largest absolute Gasteiger partial charge is 0.497 e. The van der Waals surface area contributed by atoms with Gasteiger partial charge in [0.15, 0.2) is 5.78 Å². The molecular weight excluding hydrogens is 320 g/mol. The second-order valence-electron chi connectivity index (χ2n) is 4.69. The van der Waals surface area contributed by atoms with E-state index >= 15 is 0 Å². The zero-order valence-electron chi connectivity index (χ0n) is 11.9. The van der Waals surface area contributed by atoms with Crippen LogP contribution in [0.5, 0.6) is 5.75 Å². The summed E-state index contributed by atoms with van der Waals surface area (Å²) in [4.78, 5) is 34.8. The SMILES string of the molecule is COc1ccc(NC2=CC(=O)c3sc([N+](=O)[O-])cc3C2=O)cc1. The quantitative estimate of drug-likeness (QED) is 0.683. The molecule has 0 atom stereocenters. The van der Waals surface area contributed by atoms with Crippen molar-refractivity contribution in [2.75, 3.05) is 12.4 Å². The first-order valence-corrected chi connectivity index (χ1v) is 7.31. The number of rotatable bonds is 4. The van der Waals surface area contributed by atoms with Crippen LogP contribution in [0.2, 0.25) is 0 Å². The van der Waals surface area contributed by atoms with Gasteiger partial charge in [-0.25, -0.2) is 0 Å². The van der Waals surface area contributed by atoms with Crippen molar-refractivity contribution in [2.24, 2.45) is 0 Å². The van der Waals surface area contributed by atoms with Crippen molar-refractivity contribution in [1.82, 2.24) is 0 Å². The summed E-state index contributed by atoms with van der Waals surface area (Å²) < 4.78 is 5.04. The predicted octanol–water partition coefficient (Wildman–Crippen LogP) is 3.04. The Kier molecular flexibility index (Phi) is 3.67. The number of hydrogen-bond donors (Lipinski definition) is 1. The van der Waals surface area contributed by atoms with Crippen LogP contribution in [0.3, 0.4) is 0 Å². The summed E-state index contributed by atoms with van der Waals surface area (Å²) in [7, 11) is 1.54. The smallest absolute Gasteiger partial charge is 0.325 e. The van der Waals surface area contributed by atoms with Crippen molar-refractivity contribution >= 4 is 33.6 Å². The van der Waals surface area contributed by atoms with Gasteiger partial charge in [0.1, 0.15) is 5.75 Å². The Morgan fingerprint density at radius 3 is 2.52 bits per heavy atom. The van der Waals surface area contributed by atoms with Gasteiger partial charge < -0.3 is 10.1 Å². The maximum Gasteiger partial charge on any atom is 0.325 e. The Morgan fingerprint density at radius 2 is 1.91 bits per heavy atom. The first-order chi connectivity index (χ1) is 11.0. The molecule has 3 rings (SSSR count). The number of methoxy groups -OCH3 is 1. The Bertz CT molecular complexity index is 851. The molecule has 1 aromatic carbocycles. The Morgan fingerprint density at radius 1 is 1.22 bits per heavy atom. The average molecular weight is 330 g/mol. The highest BCUT2D eigenvalue weighted by Crippen LogP contribution is 2.34. The van der Waals surface area contributed by atoms with Crippen LogP contribution in [-0.2, 0) is 0 Å². The number of allylic oxidation sites excluding steroid dienone is 2. The molecule has 23 heavy (non-hydrogen) atoms. The van der Waals surface area contributed by atoms with Gasteiger partial charge >= 0.3 is 5.00 Å². The Balaban J connectivity index is 1.90. The number of thiophene rings is 1. The summed E-state index contributed by atoms with van der Waals surface area (Å²) in [5.74, 6) is -0.209. The minimum absolute atomic E-state index is 0.0604.